The van der Waals surface area contributed by atoms with Gasteiger partial charge in [-0.3, -0.25) is 4.79 Å². The molecule has 1 rings (SSSR count). The number of halogens is 1. The number of carbonyl (C=O) groups is 1. The Bertz CT molecular complexity index is 335. The van der Waals surface area contributed by atoms with Gasteiger partial charge in [-0.15, -0.1) is 0 Å². The molecule has 0 aliphatic heterocycles. The van der Waals surface area contributed by atoms with Gasteiger partial charge < -0.3 is 4.74 Å². The predicted molar refractivity (Wildman–Crippen MR) is 57.4 cm³/mol. The number of aryl methyl sites for hydroxylation is 1. The van der Waals surface area contributed by atoms with Gasteiger partial charge >= 0.3 is 0 Å². The molecule has 0 fully saturated rings. The number of hydrogen-bond acceptors (Lipinski definition) is 2. The van der Waals surface area contributed by atoms with Crippen molar-refractivity contribution in [1.82, 2.24) is 0 Å². The summed E-state index contributed by atoms with van der Waals surface area (Å²) in [5.74, 6) is 0.733. The standard InChI is InChI=1S/C11H13ClO2/c1-4-10(13)8-5-7(2)11(14-3)9(12)6-8/h5-6H,4H2,1-3H3. The summed E-state index contributed by atoms with van der Waals surface area (Å²) in [5, 5.41) is 0.490. The van der Waals surface area contributed by atoms with Gasteiger partial charge in [0.05, 0.1) is 12.1 Å². The molecule has 3 heteroatoms. The highest BCUT2D eigenvalue weighted by Crippen LogP contribution is 2.29. The largest absolute Gasteiger partial charge is 0.495 e. The number of methoxy groups -OCH3 is 1. The second-order valence-electron chi connectivity index (χ2n) is 3.08. The molecule has 0 heterocycles. The van der Waals surface area contributed by atoms with Gasteiger partial charge in [-0.1, -0.05) is 18.5 Å². The lowest BCUT2D eigenvalue weighted by atomic mass is 10.1. The van der Waals surface area contributed by atoms with Crippen molar-refractivity contribution < 1.29 is 9.53 Å². The number of carbonyl (C=O) groups excluding carboxylic acids is 1. The van der Waals surface area contributed by atoms with E-state index < -0.39 is 0 Å². The molecule has 76 valence electrons. The highest BCUT2D eigenvalue weighted by molar-refractivity contribution is 6.32. The first kappa shape index (κ1) is 11.1. The summed E-state index contributed by atoms with van der Waals surface area (Å²) < 4.78 is 5.10. The van der Waals surface area contributed by atoms with E-state index in [1.165, 1.54) is 0 Å². The van der Waals surface area contributed by atoms with E-state index in [4.69, 9.17) is 16.3 Å². The maximum absolute atomic E-state index is 11.4. The van der Waals surface area contributed by atoms with Crippen LogP contribution in [0.15, 0.2) is 12.1 Å². The van der Waals surface area contributed by atoms with Crippen molar-refractivity contribution in [2.24, 2.45) is 0 Å². The summed E-state index contributed by atoms with van der Waals surface area (Å²) in [7, 11) is 1.57. The Morgan fingerprint density at radius 2 is 2.14 bits per heavy atom. The fourth-order valence-corrected chi connectivity index (χ4v) is 1.70. The Morgan fingerprint density at radius 3 is 2.57 bits per heavy atom. The van der Waals surface area contributed by atoms with Crippen molar-refractivity contribution >= 4 is 17.4 Å². The maximum Gasteiger partial charge on any atom is 0.162 e. The molecule has 0 bridgehead atoms. The molecule has 0 N–H and O–H groups in total. The lowest BCUT2D eigenvalue weighted by Crippen LogP contribution is -1.98. The van der Waals surface area contributed by atoms with Crippen LogP contribution >= 0.6 is 11.6 Å². The van der Waals surface area contributed by atoms with Crippen molar-refractivity contribution in [3.8, 4) is 5.75 Å². The zero-order valence-electron chi connectivity index (χ0n) is 8.56. The summed E-state index contributed by atoms with van der Waals surface area (Å²) in [4.78, 5) is 11.4. The minimum Gasteiger partial charge on any atom is -0.495 e. The third-order valence-corrected chi connectivity index (χ3v) is 2.36. The molecule has 0 aromatic heterocycles. The Balaban J connectivity index is 3.20. The molecule has 1 aromatic rings. The summed E-state index contributed by atoms with van der Waals surface area (Å²) in [6, 6.07) is 3.45. The van der Waals surface area contributed by atoms with E-state index in [2.05, 4.69) is 0 Å². The lowest BCUT2D eigenvalue weighted by molar-refractivity contribution is 0.0988. The fourth-order valence-electron chi connectivity index (χ4n) is 1.35. The summed E-state index contributed by atoms with van der Waals surface area (Å²) in [6.45, 7) is 3.70. The lowest BCUT2D eigenvalue weighted by Gasteiger charge is -2.08. The summed E-state index contributed by atoms with van der Waals surface area (Å²) in [6.07, 6.45) is 0.488. The predicted octanol–water partition coefficient (Wildman–Crippen LogP) is 3.25. The number of hydrogen-bond donors (Lipinski definition) is 0. The van der Waals surface area contributed by atoms with E-state index in [0.29, 0.717) is 22.8 Å². The van der Waals surface area contributed by atoms with E-state index in [9.17, 15) is 4.79 Å². The average molecular weight is 213 g/mol. The molecule has 1 aromatic carbocycles. The van der Waals surface area contributed by atoms with Crippen LogP contribution in [0.5, 0.6) is 5.75 Å². The van der Waals surface area contributed by atoms with Crippen LogP contribution in [0.25, 0.3) is 0 Å². The number of rotatable bonds is 3. The minimum absolute atomic E-state index is 0.0950. The molecule has 0 amide bonds. The number of ether oxygens (including phenoxy) is 1. The zero-order chi connectivity index (χ0) is 10.7. The maximum atomic E-state index is 11.4. The molecule has 14 heavy (non-hydrogen) atoms. The molecule has 0 spiro atoms. The number of Topliss-reactive ketones (excluding diaryl/α,β-unsaturated/α-hetero) is 1. The van der Waals surface area contributed by atoms with E-state index in [1.54, 1.807) is 19.2 Å². The van der Waals surface area contributed by atoms with Crippen LogP contribution in [0, 0.1) is 6.92 Å². The van der Waals surface area contributed by atoms with Crippen LogP contribution in [0.3, 0.4) is 0 Å². The molecule has 0 unspecified atom stereocenters. The first-order valence-electron chi connectivity index (χ1n) is 4.47. The van der Waals surface area contributed by atoms with Crippen molar-refractivity contribution in [3.05, 3.63) is 28.3 Å². The van der Waals surface area contributed by atoms with Crippen molar-refractivity contribution in [3.63, 3.8) is 0 Å². The molecule has 0 aliphatic rings. The van der Waals surface area contributed by atoms with Crippen LogP contribution < -0.4 is 4.74 Å². The normalized spacial score (nSPS) is 10.0. The highest BCUT2D eigenvalue weighted by Gasteiger charge is 2.10. The van der Waals surface area contributed by atoms with Crippen LogP contribution in [-0.2, 0) is 0 Å². The van der Waals surface area contributed by atoms with E-state index in [0.717, 1.165) is 5.56 Å². The summed E-state index contributed by atoms with van der Waals surface area (Å²) >= 11 is 5.96. The van der Waals surface area contributed by atoms with Crippen LogP contribution in [0.1, 0.15) is 29.3 Å². The van der Waals surface area contributed by atoms with Gasteiger partial charge in [0.2, 0.25) is 0 Å². The van der Waals surface area contributed by atoms with E-state index in [-0.39, 0.29) is 5.78 Å². The van der Waals surface area contributed by atoms with Crippen LogP contribution in [0.2, 0.25) is 5.02 Å². The second kappa shape index (κ2) is 4.47. The first-order chi connectivity index (χ1) is 6.60. The van der Waals surface area contributed by atoms with Gasteiger partial charge in [-0.25, -0.2) is 0 Å². The van der Waals surface area contributed by atoms with Gasteiger partial charge in [0.15, 0.2) is 5.78 Å². The fraction of sp³-hybridized carbons (Fsp3) is 0.364. The Morgan fingerprint density at radius 1 is 1.50 bits per heavy atom. The number of benzene rings is 1. The molecule has 0 atom stereocenters. The topological polar surface area (TPSA) is 26.3 Å². The quantitative estimate of drug-likeness (QED) is 0.719. The molecule has 0 saturated carbocycles. The molecule has 0 aliphatic carbocycles. The zero-order valence-corrected chi connectivity index (χ0v) is 9.31. The Kier molecular flexibility index (Phi) is 3.53. The monoisotopic (exact) mass is 212 g/mol. The minimum atomic E-state index is 0.0950. The van der Waals surface area contributed by atoms with Gasteiger partial charge in [0.1, 0.15) is 5.75 Å². The average Bonchev–Trinajstić information content (AvgIpc) is 2.16. The second-order valence-corrected chi connectivity index (χ2v) is 3.49. The third kappa shape index (κ3) is 2.07. The Hall–Kier alpha value is -1.02. The highest BCUT2D eigenvalue weighted by atomic mass is 35.5. The summed E-state index contributed by atoms with van der Waals surface area (Å²) in [5.41, 5.74) is 1.53. The third-order valence-electron chi connectivity index (χ3n) is 2.08. The molecule has 0 radical (unpaired) electrons. The van der Waals surface area contributed by atoms with Gasteiger partial charge in [0, 0.05) is 12.0 Å². The van der Waals surface area contributed by atoms with E-state index >= 15 is 0 Å². The van der Waals surface area contributed by atoms with Gasteiger partial charge in [0.25, 0.3) is 0 Å². The number of ketones is 1. The first-order valence-corrected chi connectivity index (χ1v) is 4.85. The van der Waals surface area contributed by atoms with Crippen LogP contribution in [0.4, 0.5) is 0 Å². The van der Waals surface area contributed by atoms with Crippen LogP contribution in [-0.4, -0.2) is 12.9 Å². The Labute approximate surface area is 88.8 Å². The van der Waals surface area contributed by atoms with Crippen molar-refractivity contribution in [2.45, 2.75) is 20.3 Å². The van der Waals surface area contributed by atoms with Crippen molar-refractivity contribution in [1.29, 1.82) is 0 Å². The SMILES string of the molecule is CCC(=O)c1cc(C)c(OC)c(Cl)c1. The molecule has 2 nitrogen and oxygen atoms in total. The molecule has 0 saturated heterocycles. The van der Waals surface area contributed by atoms with Gasteiger partial charge in [-0.05, 0) is 24.6 Å². The van der Waals surface area contributed by atoms with E-state index in [1.807, 2.05) is 13.8 Å². The smallest absolute Gasteiger partial charge is 0.162 e. The van der Waals surface area contributed by atoms with Gasteiger partial charge in [-0.2, -0.15) is 0 Å². The molecular formula is C11H13ClO2. The van der Waals surface area contributed by atoms with Crippen molar-refractivity contribution in [2.75, 3.05) is 7.11 Å². The molecular weight excluding hydrogens is 200 g/mol.